The van der Waals surface area contributed by atoms with Gasteiger partial charge >= 0.3 is 0 Å². The van der Waals surface area contributed by atoms with Crippen LogP contribution >= 0.6 is 11.6 Å². The van der Waals surface area contributed by atoms with Crippen molar-refractivity contribution in [1.29, 1.82) is 0 Å². The molecule has 0 aliphatic carbocycles. The predicted molar refractivity (Wildman–Crippen MR) is 75.5 cm³/mol. The lowest BCUT2D eigenvalue weighted by Crippen LogP contribution is -2.43. The largest absolute Gasteiger partial charge is 0.332 e. The van der Waals surface area contributed by atoms with Crippen LogP contribution in [0.15, 0.2) is 6.20 Å². The standard InChI is InChI=1S/C14H20ClN3O/c1-9(2)12-16-8-10(15)11(17-12)13(19)18-7-5-6-14(18,3)4/h8-9H,5-7H2,1-4H3. The highest BCUT2D eigenvalue weighted by Gasteiger charge is 2.37. The lowest BCUT2D eigenvalue weighted by atomic mass is 10.0. The van der Waals surface area contributed by atoms with Crippen LogP contribution < -0.4 is 0 Å². The van der Waals surface area contributed by atoms with Crippen molar-refractivity contribution in [2.45, 2.75) is 52.0 Å². The molecule has 1 aromatic heterocycles. The van der Waals surface area contributed by atoms with Crippen molar-refractivity contribution in [1.82, 2.24) is 14.9 Å². The average molecular weight is 282 g/mol. The molecular weight excluding hydrogens is 262 g/mol. The van der Waals surface area contributed by atoms with Gasteiger partial charge in [-0.15, -0.1) is 0 Å². The Hall–Kier alpha value is -1.16. The highest BCUT2D eigenvalue weighted by Crippen LogP contribution is 2.30. The molecule has 0 bridgehead atoms. The first kappa shape index (κ1) is 14.3. The molecular formula is C14H20ClN3O. The van der Waals surface area contributed by atoms with Crippen LogP contribution in [0.4, 0.5) is 0 Å². The van der Waals surface area contributed by atoms with Gasteiger partial charge in [0.05, 0.1) is 11.2 Å². The molecule has 1 saturated heterocycles. The molecule has 2 heterocycles. The van der Waals surface area contributed by atoms with E-state index in [1.807, 2.05) is 18.7 Å². The zero-order valence-electron chi connectivity index (χ0n) is 11.9. The Morgan fingerprint density at radius 2 is 2.16 bits per heavy atom. The van der Waals surface area contributed by atoms with Gasteiger partial charge in [-0.1, -0.05) is 25.4 Å². The summed E-state index contributed by atoms with van der Waals surface area (Å²) in [4.78, 5) is 23.0. The fourth-order valence-corrected chi connectivity index (χ4v) is 2.59. The molecule has 0 atom stereocenters. The fraction of sp³-hybridized carbons (Fsp3) is 0.643. The maximum Gasteiger partial charge on any atom is 0.274 e. The van der Waals surface area contributed by atoms with E-state index in [9.17, 15) is 4.79 Å². The van der Waals surface area contributed by atoms with E-state index in [4.69, 9.17) is 11.6 Å². The third-order valence-electron chi connectivity index (χ3n) is 3.63. The van der Waals surface area contributed by atoms with Gasteiger partial charge in [-0.05, 0) is 26.7 Å². The third-order valence-corrected chi connectivity index (χ3v) is 3.90. The molecule has 0 N–H and O–H groups in total. The minimum absolute atomic E-state index is 0.0863. The van der Waals surface area contributed by atoms with E-state index in [0.717, 1.165) is 19.4 Å². The zero-order valence-corrected chi connectivity index (χ0v) is 12.7. The molecule has 0 aromatic carbocycles. The molecule has 1 aliphatic rings. The summed E-state index contributed by atoms with van der Waals surface area (Å²) in [5, 5.41) is 0.331. The Labute approximate surface area is 119 Å². The van der Waals surface area contributed by atoms with Gasteiger partial charge < -0.3 is 4.90 Å². The first-order chi connectivity index (χ1) is 8.83. The van der Waals surface area contributed by atoms with E-state index in [0.29, 0.717) is 16.5 Å². The van der Waals surface area contributed by atoms with Gasteiger partial charge in [0.15, 0.2) is 5.69 Å². The molecule has 104 valence electrons. The molecule has 1 amide bonds. The topological polar surface area (TPSA) is 46.1 Å². The van der Waals surface area contributed by atoms with Crippen molar-refractivity contribution in [2.75, 3.05) is 6.54 Å². The summed E-state index contributed by atoms with van der Waals surface area (Å²) in [6, 6.07) is 0. The van der Waals surface area contributed by atoms with Gasteiger partial charge in [-0.2, -0.15) is 0 Å². The van der Waals surface area contributed by atoms with E-state index in [1.165, 1.54) is 6.20 Å². The second-order valence-electron chi connectivity index (χ2n) is 5.95. The fourth-order valence-electron chi connectivity index (χ4n) is 2.42. The number of nitrogens with zero attached hydrogens (tertiary/aromatic N) is 3. The first-order valence-corrected chi connectivity index (χ1v) is 7.05. The third kappa shape index (κ3) is 2.73. The van der Waals surface area contributed by atoms with E-state index in [1.54, 1.807) is 0 Å². The summed E-state index contributed by atoms with van der Waals surface area (Å²) < 4.78 is 0. The quantitative estimate of drug-likeness (QED) is 0.836. The van der Waals surface area contributed by atoms with Crippen molar-refractivity contribution < 1.29 is 4.79 Å². The number of rotatable bonds is 2. The lowest BCUT2D eigenvalue weighted by molar-refractivity contribution is 0.0645. The van der Waals surface area contributed by atoms with E-state index < -0.39 is 0 Å². The predicted octanol–water partition coefficient (Wildman–Crippen LogP) is 3.27. The maximum absolute atomic E-state index is 12.6. The van der Waals surface area contributed by atoms with E-state index in [2.05, 4.69) is 23.8 Å². The number of aromatic nitrogens is 2. The summed E-state index contributed by atoms with van der Waals surface area (Å²) in [6.07, 6.45) is 3.57. The molecule has 0 spiro atoms. The number of halogens is 1. The number of carbonyl (C=O) groups excluding carboxylic acids is 1. The molecule has 0 radical (unpaired) electrons. The molecule has 0 saturated carbocycles. The van der Waals surface area contributed by atoms with Crippen LogP contribution in [0, 0.1) is 0 Å². The minimum Gasteiger partial charge on any atom is -0.332 e. The molecule has 19 heavy (non-hydrogen) atoms. The van der Waals surface area contributed by atoms with Gasteiger partial charge in [0.25, 0.3) is 5.91 Å². The van der Waals surface area contributed by atoms with E-state index >= 15 is 0 Å². The normalized spacial score (nSPS) is 18.1. The minimum atomic E-state index is -0.122. The van der Waals surface area contributed by atoms with Crippen molar-refractivity contribution in [3.05, 3.63) is 22.7 Å². The molecule has 1 aromatic rings. The number of hydrogen-bond donors (Lipinski definition) is 0. The van der Waals surface area contributed by atoms with Crippen LogP contribution in [-0.2, 0) is 0 Å². The van der Waals surface area contributed by atoms with Gasteiger partial charge in [0.2, 0.25) is 0 Å². The van der Waals surface area contributed by atoms with Gasteiger partial charge in [-0.3, -0.25) is 4.79 Å². The summed E-state index contributed by atoms with van der Waals surface area (Å²) >= 11 is 6.09. The molecule has 0 unspecified atom stereocenters. The number of hydrogen-bond acceptors (Lipinski definition) is 3. The molecule has 5 heteroatoms. The summed E-state index contributed by atoms with van der Waals surface area (Å²) in [5.74, 6) is 0.747. The number of amides is 1. The smallest absolute Gasteiger partial charge is 0.274 e. The van der Waals surface area contributed by atoms with E-state index in [-0.39, 0.29) is 17.4 Å². The van der Waals surface area contributed by atoms with Crippen LogP contribution in [0.5, 0.6) is 0 Å². The first-order valence-electron chi connectivity index (χ1n) is 6.67. The van der Waals surface area contributed by atoms with Crippen LogP contribution in [0.25, 0.3) is 0 Å². The number of likely N-dealkylation sites (tertiary alicyclic amines) is 1. The Kier molecular flexibility index (Phi) is 3.81. The average Bonchev–Trinajstić information content (AvgIpc) is 2.68. The summed E-state index contributed by atoms with van der Waals surface area (Å²) in [7, 11) is 0. The van der Waals surface area contributed by atoms with Crippen molar-refractivity contribution >= 4 is 17.5 Å². The summed E-state index contributed by atoms with van der Waals surface area (Å²) in [5.41, 5.74) is 0.207. The molecule has 4 nitrogen and oxygen atoms in total. The second-order valence-corrected chi connectivity index (χ2v) is 6.36. The lowest BCUT2D eigenvalue weighted by Gasteiger charge is -2.31. The Morgan fingerprint density at radius 3 is 2.68 bits per heavy atom. The maximum atomic E-state index is 12.6. The Morgan fingerprint density at radius 1 is 1.47 bits per heavy atom. The van der Waals surface area contributed by atoms with Crippen LogP contribution in [0.2, 0.25) is 5.02 Å². The van der Waals surface area contributed by atoms with Gasteiger partial charge in [0.1, 0.15) is 5.82 Å². The monoisotopic (exact) mass is 281 g/mol. The van der Waals surface area contributed by atoms with Crippen molar-refractivity contribution in [3.63, 3.8) is 0 Å². The van der Waals surface area contributed by atoms with Crippen molar-refractivity contribution in [2.24, 2.45) is 0 Å². The molecule has 2 rings (SSSR count). The van der Waals surface area contributed by atoms with Gasteiger partial charge in [0, 0.05) is 18.0 Å². The summed E-state index contributed by atoms with van der Waals surface area (Å²) in [6.45, 7) is 8.92. The second kappa shape index (κ2) is 5.08. The SMILES string of the molecule is CC(C)c1ncc(Cl)c(C(=O)N2CCCC2(C)C)n1. The molecule has 1 fully saturated rings. The van der Waals surface area contributed by atoms with Crippen LogP contribution in [0.3, 0.4) is 0 Å². The zero-order chi connectivity index (χ0) is 14.2. The Balaban J connectivity index is 2.36. The van der Waals surface area contributed by atoms with Crippen LogP contribution in [0.1, 0.15) is 62.8 Å². The highest BCUT2D eigenvalue weighted by molar-refractivity contribution is 6.33. The Bertz CT molecular complexity index is 499. The van der Waals surface area contributed by atoms with Crippen molar-refractivity contribution in [3.8, 4) is 0 Å². The molecule has 1 aliphatic heterocycles. The van der Waals surface area contributed by atoms with Gasteiger partial charge in [-0.25, -0.2) is 9.97 Å². The number of carbonyl (C=O) groups is 1. The van der Waals surface area contributed by atoms with Crippen LogP contribution in [-0.4, -0.2) is 32.9 Å². The highest BCUT2D eigenvalue weighted by atomic mass is 35.5.